The molecule has 0 bridgehead atoms. The molecule has 0 aliphatic heterocycles. The Kier molecular flexibility index (Phi) is 3.92. The molecule has 0 atom stereocenters. The van der Waals surface area contributed by atoms with Gasteiger partial charge in [-0.05, 0) is 55.3 Å². The molecule has 2 rings (SSSR count). The molecule has 2 aromatic carbocycles. The van der Waals surface area contributed by atoms with E-state index in [4.69, 9.17) is 17.3 Å². The number of sulfonamides is 1. The second-order valence-electron chi connectivity index (χ2n) is 4.54. The first-order valence-electron chi connectivity index (χ1n) is 5.95. The Balaban J connectivity index is 2.46. The van der Waals surface area contributed by atoms with E-state index >= 15 is 0 Å². The lowest BCUT2D eigenvalue weighted by Gasteiger charge is -2.14. The van der Waals surface area contributed by atoms with Gasteiger partial charge in [-0.15, -0.1) is 0 Å². The molecule has 0 aliphatic rings. The summed E-state index contributed by atoms with van der Waals surface area (Å²) in [5, 5.41) is 0.541. The second kappa shape index (κ2) is 5.34. The summed E-state index contributed by atoms with van der Waals surface area (Å²) in [4.78, 5) is 0.118. The fraction of sp³-hybridized carbons (Fsp3) is 0.143. The lowest BCUT2D eigenvalue weighted by atomic mass is 10.1. The second-order valence-corrected chi connectivity index (χ2v) is 6.59. The number of nitrogen functional groups attached to an aromatic ring is 1. The third kappa shape index (κ3) is 2.89. The summed E-state index contributed by atoms with van der Waals surface area (Å²) < 4.78 is 27.4. The minimum atomic E-state index is -3.73. The summed E-state index contributed by atoms with van der Waals surface area (Å²) >= 11 is 5.77. The van der Waals surface area contributed by atoms with Crippen molar-refractivity contribution in [3.8, 4) is 0 Å². The highest BCUT2D eigenvalue weighted by atomic mass is 35.5. The van der Waals surface area contributed by atoms with Crippen LogP contribution in [0.25, 0.3) is 0 Å². The van der Waals surface area contributed by atoms with Crippen LogP contribution in [0.1, 0.15) is 11.1 Å². The van der Waals surface area contributed by atoms with E-state index < -0.39 is 10.0 Å². The Hall–Kier alpha value is -1.72. The Morgan fingerprint density at radius 1 is 1.05 bits per heavy atom. The largest absolute Gasteiger partial charge is 0.398 e. The smallest absolute Gasteiger partial charge is 0.264 e. The summed E-state index contributed by atoms with van der Waals surface area (Å²) in [5.41, 5.74) is 8.00. The van der Waals surface area contributed by atoms with Crippen LogP contribution in [0.4, 0.5) is 11.4 Å². The number of nitrogens with one attached hydrogen (secondary N) is 1. The molecule has 0 radical (unpaired) electrons. The molecule has 0 aromatic heterocycles. The SMILES string of the molecule is Cc1ccc(N)c(S(=O)(=O)Nc2ccc(Cl)cc2)c1C. The summed E-state index contributed by atoms with van der Waals surface area (Å²) in [6.07, 6.45) is 0. The molecule has 6 heteroatoms. The van der Waals surface area contributed by atoms with Gasteiger partial charge in [-0.1, -0.05) is 17.7 Å². The molecule has 0 saturated heterocycles. The first kappa shape index (κ1) is 14.7. The number of anilines is 2. The predicted octanol–water partition coefficient (Wildman–Crippen LogP) is 3.34. The first-order chi connectivity index (χ1) is 9.31. The number of halogens is 1. The van der Waals surface area contributed by atoms with Gasteiger partial charge in [0.2, 0.25) is 0 Å². The molecule has 0 unspecified atom stereocenters. The van der Waals surface area contributed by atoms with Crippen molar-refractivity contribution in [3.05, 3.63) is 52.5 Å². The summed E-state index contributed by atoms with van der Waals surface area (Å²) in [7, 11) is -3.73. The molecule has 20 heavy (non-hydrogen) atoms. The summed E-state index contributed by atoms with van der Waals surface area (Å²) in [5.74, 6) is 0. The maximum atomic E-state index is 12.5. The Morgan fingerprint density at radius 3 is 2.25 bits per heavy atom. The van der Waals surface area contributed by atoms with Gasteiger partial charge in [-0.25, -0.2) is 8.42 Å². The predicted molar refractivity (Wildman–Crippen MR) is 82.6 cm³/mol. The van der Waals surface area contributed by atoms with Crippen LogP contribution in [0.15, 0.2) is 41.3 Å². The standard InChI is InChI=1S/C14H15ClN2O2S/c1-9-3-8-13(16)14(10(9)2)20(18,19)17-12-6-4-11(15)5-7-12/h3-8,17H,16H2,1-2H3. The fourth-order valence-corrected chi connectivity index (χ4v) is 3.51. The van der Waals surface area contributed by atoms with Crippen LogP contribution in [-0.4, -0.2) is 8.42 Å². The maximum absolute atomic E-state index is 12.5. The molecule has 4 nitrogen and oxygen atoms in total. The van der Waals surface area contributed by atoms with E-state index in [9.17, 15) is 8.42 Å². The van der Waals surface area contributed by atoms with Crippen molar-refractivity contribution in [2.45, 2.75) is 18.7 Å². The van der Waals surface area contributed by atoms with Crippen LogP contribution in [-0.2, 0) is 10.0 Å². The Morgan fingerprint density at radius 2 is 1.65 bits per heavy atom. The van der Waals surface area contributed by atoms with Crippen molar-refractivity contribution in [2.75, 3.05) is 10.5 Å². The highest BCUT2D eigenvalue weighted by Gasteiger charge is 2.21. The Labute approximate surface area is 123 Å². The van der Waals surface area contributed by atoms with E-state index in [0.29, 0.717) is 16.3 Å². The Bertz CT molecular complexity index is 741. The van der Waals surface area contributed by atoms with Crippen molar-refractivity contribution in [1.29, 1.82) is 0 Å². The van der Waals surface area contributed by atoms with E-state index in [2.05, 4.69) is 4.72 Å². The average molecular weight is 311 g/mol. The van der Waals surface area contributed by atoms with Crippen molar-refractivity contribution in [2.24, 2.45) is 0 Å². The highest BCUT2D eigenvalue weighted by Crippen LogP contribution is 2.27. The van der Waals surface area contributed by atoms with Crippen LogP contribution in [0, 0.1) is 13.8 Å². The third-order valence-electron chi connectivity index (χ3n) is 3.07. The maximum Gasteiger partial charge on any atom is 0.264 e. The van der Waals surface area contributed by atoms with Gasteiger partial charge >= 0.3 is 0 Å². The van der Waals surface area contributed by atoms with Crippen molar-refractivity contribution < 1.29 is 8.42 Å². The lowest BCUT2D eigenvalue weighted by Crippen LogP contribution is -2.16. The van der Waals surface area contributed by atoms with Crippen molar-refractivity contribution >= 4 is 33.0 Å². The van der Waals surface area contributed by atoms with Gasteiger partial charge in [0.15, 0.2) is 0 Å². The van der Waals surface area contributed by atoms with E-state index in [-0.39, 0.29) is 10.6 Å². The number of benzene rings is 2. The minimum absolute atomic E-state index is 0.118. The van der Waals surface area contributed by atoms with E-state index in [1.807, 2.05) is 6.92 Å². The molecule has 0 amide bonds. The number of nitrogens with two attached hydrogens (primary N) is 1. The van der Waals surface area contributed by atoms with Crippen LogP contribution in [0.2, 0.25) is 5.02 Å². The molecule has 0 heterocycles. The van der Waals surface area contributed by atoms with E-state index in [1.54, 1.807) is 43.3 Å². The molecule has 0 saturated carbocycles. The monoisotopic (exact) mass is 310 g/mol. The molecule has 106 valence electrons. The third-order valence-corrected chi connectivity index (χ3v) is 4.91. The van der Waals surface area contributed by atoms with E-state index in [0.717, 1.165) is 5.56 Å². The first-order valence-corrected chi connectivity index (χ1v) is 7.81. The lowest BCUT2D eigenvalue weighted by molar-refractivity contribution is 0.601. The number of aryl methyl sites for hydroxylation is 1. The van der Waals surface area contributed by atoms with Gasteiger partial charge in [-0.3, -0.25) is 4.72 Å². The van der Waals surface area contributed by atoms with Crippen molar-refractivity contribution in [3.63, 3.8) is 0 Å². The summed E-state index contributed by atoms with van der Waals surface area (Å²) in [6, 6.07) is 9.82. The van der Waals surface area contributed by atoms with Gasteiger partial charge in [0, 0.05) is 10.7 Å². The van der Waals surface area contributed by atoms with Gasteiger partial charge in [0.05, 0.1) is 5.69 Å². The van der Waals surface area contributed by atoms with E-state index in [1.165, 1.54) is 0 Å². The van der Waals surface area contributed by atoms with Crippen molar-refractivity contribution in [1.82, 2.24) is 0 Å². The van der Waals surface area contributed by atoms with Gasteiger partial charge < -0.3 is 5.73 Å². The summed E-state index contributed by atoms with van der Waals surface area (Å²) in [6.45, 7) is 3.58. The highest BCUT2D eigenvalue weighted by molar-refractivity contribution is 7.93. The topological polar surface area (TPSA) is 72.2 Å². The van der Waals surface area contributed by atoms with Crippen LogP contribution >= 0.6 is 11.6 Å². The van der Waals surface area contributed by atoms with Crippen LogP contribution in [0.5, 0.6) is 0 Å². The minimum Gasteiger partial charge on any atom is -0.398 e. The van der Waals surface area contributed by atoms with Crippen LogP contribution in [0.3, 0.4) is 0 Å². The zero-order valence-electron chi connectivity index (χ0n) is 11.1. The molecule has 0 fully saturated rings. The van der Waals surface area contributed by atoms with Gasteiger partial charge in [-0.2, -0.15) is 0 Å². The quantitative estimate of drug-likeness (QED) is 0.854. The molecule has 3 N–H and O–H groups in total. The molecular formula is C14H15ClN2O2S. The zero-order valence-corrected chi connectivity index (χ0v) is 12.7. The number of hydrogen-bond donors (Lipinski definition) is 2. The molecule has 2 aromatic rings. The fourth-order valence-electron chi connectivity index (χ4n) is 1.89. The zero-order chi connectivity index (χ0) is 14.9. The average Bonchev–Trinajstić information content (AvgIpc) is 2.37. The van der Waals surface area contributed by atoms with Gasteiger partial charge in [0.1, 0.15) is 4.90 Å². The normalized spacial score (nSPS) is 11.3. The number of rotatable bonds is 3. The van der Waals surface area contributed by atoms with Gasteiger partial charge in [0.25, 0.3) is 10.0 Å². The number of hydrogen-bond acceptors (Lipinski definition) is 3. The molecule has 0 aliphatic carbocycles. The molecule has 0 spiro atoms. The van der Waals surface area contributed by atoms with Crippen LogP contribution < -0.4 is 10.5 Å². The molecular weight excluding hydrogens is 296 g/mol.